The molecule has 3 heteroatoms. The van der Waals surface area contributed by atoms with Crippen molar-refractivity contribution >= 4 is 29.7 Å². The number of primary amides is 1. The molecule has 0 bridgehead atoms. The van der Waals surface area contributed by atoms with E-state index in [-0.39, 0.29) is 0 Å². The van der Waals surface area contributed by atoms with Gasteiger partial charge in [-0.15, -0.1) is 0 Å². The highest BCUT2D eigenvalue weighted by Gasteiger charge is 2.16. The minimum Gasteiger partial charge on any atom is -0.366 e. The minimum atomic E-state index is -0.630. The van der Waals surface area contributed by atoms with Gasteiger partial charge in [0.1, 0.15) is 0 Å². The van der Waals surface area contributed by atoms with Crippen molar-refractivity contribution < 1.29 is 4.79 Å². The van der Waals surface area contributed by atoms with Crippen LogP contribution in [0.15, 0.2) is 84.9 Å². The van der Waals surface area contributed by atoms with Gasteiger partial charge in [-0.25, -0.2) is 0 Å². The average molecular weight is 305 g/mol. The maximum Gasteiger partial charge on any atom is 0.248 e. The third-order valence-corrected chi connectivity index (χ3v) is 5.88. The Kier molecular flexibility index (Phi) is 4.32. The predicted octanol–water partition coefficient (Wildman–Crippen LogP) is 2.54. The Balaban J connectivity index is 2.08. The summed E-state index contributed by atoms with van der Waals surface area (Å²) >= 11 is 0. The van der Waals surface area contributed by atoms with E-state index in [0.717, 1.165) is 0 Å². The van der Waals surface area contributed by atoms with Crippen LogP contribution in [-0.2, 0) is 0 Å². The Labute approximate surface area is 131 Å². The van der Waals surface area contributed by atoms with Gasteiger partial charge < -0.3 is 5.73 Å². The molecule has 3 aromatic carbocycles. The Morgan fingerprint density at radius 3 is 1.45 bits per heavy atom. The first-order valence-electron chi connectivity index (χ1n) is 7.06. The van der Waals surface area contributed by atoms with Crippen molar-refractivity contribution in [3.05, 3.63) is 90.5 Å². The molecule has 2 N–H and O–H groups in total. The molecule has 0 radical (unpaired) electrons. The lowest BCUT2D eigenvalue weighted by Crippen LogP contribution is -2.21. The van der Waals surface area contributed by atoms with Gasteiger partial charge in [-0.1, -0.05) is 72.8 Å². The molecule has 0 aromatic heterocycles. The monoisotopic (exact) mass is 305 g/mol. The zero-order chi connectivity index (χ0) is 15.4. The topological polar surface area (TPSA) is 43.1 Å². The van der Waals surface area contributed by atoms with Gasteiger partial charge in [0.05, 0.1) is 0 Å². The number of amides is 1. The molecular weight excluding hydrogens is 289 g/mol. The van der Waals surface area contributed by atoms with Gasteiger partial charge in [0.2, 0.25) is 5.91 Å². The molecule has 2 nitrogen and oxygen atoms in total. The highest BCUT2D eigenvalue weighted by molar-refractivity contribution is 7.79. The molecule has 108 valence electrons. The van der Waals surface area contributed by atoms with Crippen LogP contribution in [0.3, 0.4) is 0 Å². The fraction of sp³-hybridized carbons (Fsp3) is 0. The van der Waals surface area contributed by atoms with Gasteiger partial charge in [0.15, 0.2) is 0 Å². The van der Waals surface area contributed by atoms with Crippen molar-refractivity contribution in [2.75, 3.05) is 0 Å². The summed E-state index contributed by atoms with van der Waals surface area (Å²) in [5.41, 5.74) is 5.87. The van der Waals surface area contributed by atoms with Gasteiger partial charge in [0, 0.05) is 5.56 Å². The molecule has 3 rings (SSSR count). The average Bonchev–Trinajstić information content (AvgIpc) is 2.57. The Morgan fingerprint density at radius 1 is 0.636 bits per heavy atom. The van der Waals surface area contributed by atoms with Crippen LogP contribution in [0, 0.1) is 0 Å². The van der Waals surface area contributed by atoms with Gasteiger partial charge in [-0.3, -0.25) is 4.79 Å². The number of benzene rings is 3. The van der Waals surface area contributed by atoms with E-state index in [1.165, 1.54) is 15.9 Å². The smallest absolute Gasteiger partial charge is 0.248 e. The Bertz CT molecular complexity index is 715. The van der Waals surface area contributed by atoms with Crippen molar-refractivity contribution in [2.45, 2.75) is 0 Å². The zero-order valence-electron chi connectivity index (χ0n) is 12.0. The summed E-state index contributed by atoms with van der Waals surface area (Å²) in [7, 11) is -0.630. The molecule has 0 fully saturated rings. The second-order valence-electron chi connectivity index (χ2n) is 4.92. The van der Waals surface area contributed by atoms with Crippen LogP contribution in [-0.4, -0.2) is 5.91 Å². The number of hydrogen-bond acceptors (Lipinski definition) is 1. The molecule has 0 saturated carbocycles. The fourth-order valence-electron chi connectivity index (χ4n) is 2.38. The SMILES string of the molecule is NC(=O)c1ccc(P(c2ccccc2)c2ccccc2)cc1. The number of rotatable bonds is 4. The highest BCUT2D eigenvalue weighted by Crippen LogP contribution is 2.32. The van der Waals surface area contributed by atoms with Crippen molar-refractivity contribution in [1.82, 2.24) is 0 Å². The number of nitrogens with two attached hydrogens (primary N) is 1. The van der Waals surface area contributed by atoms with E-state index in [1.807, 2.05) is 24.3 Å². The molecule has 1 amide bonds. The second-order valence-corrected chi connectivity index (χ2v) is 7.14. The number of hydrogen-bond donors (Lipinski definition) is 1. The summed E-state index contributed by atoms with van der Waals surface area (Å²) in [6.07, 6.45) is 0. The summed E-state index contributed by atoms with van der Waals surface area (Å²) in [6, 6.07) is 28.5. The standard InChI is InChI=1S/C19H16NOP/c20-19(21)15-11-13-18(14-12-15)22(16-7-3-1-4-8-16)17-9-5-2-6-10-17/h1-14H,(H2,20,21). The van der Waals surface area contributed by atoms with Crippen LogP contribution < -0.4 is 21.6 Å². The molecule has 3 aromatic rings. The highest BCUT2D eigenvalue weighted by atomic mass is 31.1. The van der Waals surface area contributed by atoms with Crippen molar-refractivity contribution in [2.24, 2.45) is 5.73 Å². The van der Waals surface area contributed by atoms with Crippen LogP contribution in [0.25, 0.3) is 0 Å². The largest absolute Gasteiger partial charge is 0.366 e. The van der Waals surface area contributed by atoms with E-state index < -0.39 is 13.8 Å². The number of carbonyl (C=O) groups is 1. The van der Waals surface area contributed by atoms with Gasteiger partial charge in [0.25, 0.3) is 0 Å². The molecule has 0 spiro atoms. The van der Waals surface area contributed by atoms with Crippen LogP contribution in [0.5, 0.6) is 0 Å². The van der Waals surface area contributed by atoms with Gasteiger partial charge in [-0.2, -0.15) is 0 Å². The van der Waals surface area contributed by atoms with E-state index in [9.17, 15) is 4.79 Å². The van der Waals surface area contributed by atoms with Crippen molar-refractivity contribution in [3.63, 3.8) is 0 Å². The maximum absolute atomic E-state index is 11.2. The van der Waals surface area contributed by atoms with E-state index in [0.29, 0.717) is 5.56 Å². The lowest BCUT2D eigenvalue weighted by Gasteiger charge is -2.19. The lowest BCUT2D eigenvalue weighted by molar-refractivity contribution is 0.100. The first-order valence-corrected chi connectivity index (χ1v) is 8.40. The summed E-state index contributed by atoms with van der Waals surface area (Å²) in [5.74, 6) is -0.393. The second kappa shape index (κ2) is 6.55. The molecule has 0 atom stereocenters. The van der Waals surface area contributed by atoms with Gasteiger partial charge in [-0.05, 0) is 36.0 Å². The van der Waals surface area contributed by atoms with Crippen molar-refractivity contribution in [1.29, 1.82) is 0 Å². The van der Waals surface area contributed by atoms with Crippen molar-refractivity contribution in [3.8, 4) is 0 Å². The van der Waals surface area contributed by atoms with Crippen LogP contribution in [0.2, 0.25) is 0 Å². The Morgan fingerprint density at radius 2 is 1.05 bits per heavy atom. The third kappa shape index (κ3) is 3.08. The molecule has 22 heavy (non-hydrogen) atoms. The fourth-order valence-corrected chi connectivity index (χ4v) is 4.66. The molecule has 0 unspecified atom stereocenters. The van der Waals surface area contributed by atoms with Crippen LogP contribution >= 0.6 is 7.92 Å². The quantitative estimate of drug-likeness (QED) is 0.740. The van der Waals surface area contributed by atoms with Crippen LogP contribution in [0.1, 0.15) is 10.4 Å². The first kappa shape index (κ1) is 14.5. The predicted molar refractivity (Wildman–Crippen MR) is 93.7 cm³/mol. The molecule has 0 heterocycles. The Hall–Kier alpha value is -2.44. The van der Waals surface area contributed by atoms with Gasteiger partial charge >= 0.3 is 0 Å². The molecule has 0 aliphatic carbocycles. The summed E-state index contributed by atoms with van der Waals surface area (Å²) in [4.78, 5) is 11.2. The first-order chi connectivity index (χ1) is 10.8. The van der Waals surface area contributed by atoms with E-state index in [1.54, 1.807) is 12.1 Å². The van der Waals surface area contributed by atoms with E-state index in [4.69, 9.17) is 5.73 Å². The summed E-state index contributed by atoms with van der Waals surface area (Å²) < 4.78 is 0. The van der Waals surface area contributed by atoms with E-state index >= 15 is 0 Å². The minimum absolute atomic E-state index is 0.393. The third-order valence-electron chi connectivity index (χ3n) is 3.44. The molecule has 0 saturated heterocycles. The lowest BCUT2D eigenvalue weighted by atomic mass is 10.2. The molecule has 0 aliphatic rings. The zero-order valence-corrected chi connectivity index (χ0v) is 12.9. The van der Waals surface area contributed by atoms with Crippen LogP contribution in [0.4, 0.5) is 0 Å². The normalized spacial score (nSPS) is 10.6. The molecule has 0 aliphatic heterocycles. The molecular formula is C19H16NOP. The summed E-state index contributed by atoms with van der Waals surface area (Å²) in [6.45, 7) is 0. The van der Waals surface area contributed by atoms with E-state index in [2.05, 4.69) is 48.5 Å². The number of carbonyl (C=O) groups excluding carboxylic acids is 1. The maximum atomic E-state index is 11.2. The summed E-state index contributed by atoms with van der Waals surface area (Å²) in [5, 5.41) is 3.78.